The number of benzene rings is 2. The van der Waals surface area contributed by atoms with E-state index in [4.69, 9.17) is 10.5 Å². The zero-order chi connectivity index (χ0) is 16.8. The number of nitrogens with one attached hydrogen (secondary N) is 1. The summed E-state index contributed by atoms with van der Waals surface area (Å²) < 4.78 is 6.27. The predicted octanol–water partition coefficient (Wildman–Crippen LogP) is 3.26. The topological polar surface area (TPSA) is 76.7 Å². The molecule has 0 heterocycles. The fourth-order valence-electron chi connectivity index (χ4n) is 1.83. The van der Waals surface area contributed by atoms with E-state index in [1.165, 1.54) is 0 Å². The number of nitrogens with zero attached hydrogens (tertiary/aromatic N) is 1. The van der Waals surface area contributed by atoms with Crippen LogP contribution < -0.4 is 15.9 Å². The number of hydrogen-bond acceptors (Lipinski definition) is 4. The van der Waals surface area contributed by atoms with Crippen molar-refractivity contribution in [2.75, 3.05) is 12.3 Å². The minimum atomic E-state index is -0.327. The molecule has 0 bridgehead atoms. The number of anilines is 1. The first kappa shape index (κ1) is 17.0. The van der Waals surface area contributed by atoms with E-state index in [2.05, 4.69) is 26.5 Å². The van der Waals surface area contributed by atoms with Crippen LogP contribution in [-0.4, -0.2) is 18.2 Å². The van der Waals surface area contributed by atoms with Crippen LogP contribution in [0.4, 0.5) is 5.69 Å². The molecular weight excluding hydrogens is 358 g/mol. The predicted molar refractivity (Wildman–Crippen MR) is 95.6 cm³/mol. The summed E-state index contributed by atoms with van der Waals surface area (Å²) in [5, 5.41) is 4.06. The maximum atomic E-state index is 11.8. The third-order valence-corrected chi connectivity index (χ3v) is 3.74. The number of ether oxygens (including phenoxy) is 1. The molecule has 0 fully saturated rings. The summed E-state index contributed by atoms with van der Waals surface area (Å²) in [7, 11) is 0. The molecule has 1 amide bonds. The zero-order valence-electron chi connectivity index (χ0n) is 13.0. The van der Waals surface area contributed by atoms with Crippen LogP contribution in [0.25, 0.3) is 0 Å². The zero-order valence-corrected chi connectivity index (χ0v) is 14.6. The van der Waals surface area contributed by atoms with Gasteiger partial charge >= 0.3 is 0 Å². The van der Waals surface area contributed by atoms with E-state index in [0.717, 1.165) is 15.6 Å². The molecule has 3 N–H and O–H groups in total. The Morgan fingerprint density at radius 2 is 1.96 bits per heavy atom. The highest BCUT2D eigenvalue weighted by molar-refractivity contribution is 9.10. The van der Waals surface area contributed by atoms with Crippen molar-refractivity contribution in [3.05, 3.63) is 58.1 Å². The average molecular weight is 376 g/mol. The van der Waals surface area contributed by atoms with Gasteiger partial charge in [-0.1, -0.05) is 18.2 Å². The molecule has 0 saturated carbocycles. The smallest absolute Gasteiger partial charge is 0.277 e. The standard InChI is InChI=1S/C17H18BrN3O2/c1-11-3-8-16(15(18)9-11)23-10-17(22)21-20-12(2)13-4-6-14(19)7-5-13/h3-9H,10,19H2,1-2H3,(H,21,22)/b20-12+. The number of rotatable bonds is 5. The molecule has 6 heteroatoms. The van der Waals surface area contributed by atoms with E-state index >= 15 is 0 Å². The molecule has 2 aromatic carbocycles. The lowest BCUT2D eigenvalue weighted by Gasteiger charge is -2.08. The summed E-state index contributed by atoms with van der Waals surface area (Å²) in [6.07, 6.45) is 0. The number of hydrogen-bond donors (Lipinski definition) is 2. The Labute approximate surface area is 143 Å². The van der Waals surface area contributed by atoms with Crippen LogP contribution in [0.3, 0.4) is 0 Å². The molecule has 0 aliphatic heterocycles. The maximum absolute atomic E-state index is 11.8. The number of aryl methyl sites for hydroxylation is 1. The quantitative estimate of drug-likeness (QED) is 0.478. The van der Waals surface area contributed by atoms with Gasteiger partial charge in [0.2, 0.25) is 0 Å². The van der Waals surface area contributed by atoms with Crippen LogP contribution >= 0.6 is 15.9 Å². The third-order valence-electron chi connectivity index (χ3n) is 3.12. The summed E-state index contributed by atoms with van der Waals surface area (Å²) in [5.41, 5.74) is 11.5. The lowest BCUT2D eigenvalue weighted by Crippen LogP contribution is -2.25. The molecule has 0 atom stereocenters. The number of carbonyl (C=O) groups excluding carboxylic acids is 1. The highest BCUT2D eigenvalue weighted by atomic mass is 79.9. The SMILES string of the molecule is C/C(=N\NC(=O)COc1ccc(C)cc1Br)c1ccc(N)cc1. The number of nitrogen functional groups attached to an aromatic ring is 1. The average Bonchev–Trinajstić information content (AvgIpc) is 2.52. The van der Waals surface area contributed by atoms with Crippen LogP contribution in [0.5, 0.6) is 5.75 Å². The van der Waals surface area contributed by atoms with E-state index in [9.17, 15) is 4.79 Å². The molecular formula is C17H18BrN3O2. The number of amides is 1. The van der Waals surface area contributed by atoms with Gasteiger partial charge in [0, 0.05) is 5.69 Å². The number of halogens is 1. The van der Waals surface area contributed by atoms with Gasteiger partial charge in [0.15, 0.2) is 6.61 Å². The highest BCUT2D eigenvalue weighted by Crippen LogP contribution is 2.25. The largest absolute Gasteiger partial charge is 0.483 e. The first-order valence-electron chi connectivity index (χ1n) is 7.03. The number of hydrazone groups is 1. The first-order valence-corrected chi connectivity index (χ1v) is 7.83. The summed E-state index contributed by atoms with van der Waals surface area (Å²) in [6, 6.07) is 12.9. The van der Waals surface area contributed by atoms with Gasteiger partial charge < -0.3 is 10.5 Å². The van der Waals surface area contributed by atoms with Gasteiger partial charge in [0.05, 0.1) is 10.2 Å². The Morgan fingerprint density at radius 3 is 2.61 bits per heavy atom. The minimum absolute atomic E-state index is 0.111. The van der Waals surface area contributed by atoms with Gasteiger partial charge in [0.1, 0.15) is 5.75 Å². The summed E-state index contributed by atoms with van der Waals surface area (Å²) in [5.74, 6) is 0.289. The summed E-state index contributed by atoms with van der Waals surface area (Å²) in [6.45, 7) is 3.68. The third kappa shape index (κ3) is 5.10. The van der Waals surface area contributed by atoms with Crippen LogP contribution in [0.1, 0.15) is 18.1 Å². The van der Waals surface area contributed by atoms with Crippen LogP contribution in [0, 0.1) is 6.92 Å². The molecule has 0 spiro atoms. The molecule has 0 aromatic heterocycles. The molecule has 0 radical (unpaired) electrons. The normalized spacial score (nSPS) is 11.2. The van der Waals surface area contributed by atoms with Gasteiger partial charge in [-0.2, -0.15) is 5.10 Å². The Morgan fingerprint density at radius 1 is 1.26 bits per heavy atom. The van der Waals surface area contributed by atoms with Crippen molar-refractivity contribution in [1.82, 2.24) is 5.43 Å². The van der Waals surface area contributed by atoms with E-state index in [0.29, 0.717) is 17.1 Å². The van der Waals surface area contributed by atoms with Crippen molar-refractivity contribution in [2.45, 2.75) is 13.8 Å². The van der Waals surface area contributed by atoms with Gasteiger partial charge in [-0.05, 0) is 65.2 Å². The summed E-state index contributed by atoms with van der Waals surface area (Å²) in [4.78, 5) is 11.8. The van der Waals surface area contributed by atoms with Gasteiger partial charge in [-0.3, -0.25) is 4.79 Å². The lowest BCUT2D eigenvalue weighted by atomic mass is 10.1. The Bertz CT molecular complexity index is 727. The van der Waals surface area contributed by atoms with E-state index < -0.39 is 0 Å². The molecule has 23 heavy (non-hydrogen) atoms. The van der Waals surface area contributed by atoms with Crippen molar-refractivity contribution < 1.29 is 9.53 Å². The first-order chi connectivity index (χ1) is 11.0. The van der Waals surface area contributed by atoms with Crippen molar-refractivity contribution in [1.29, 1.82) is 0 Å². The van der Waals surface area contributed by atoms with Crippen LogP contribution in [0.15, 0.2) is 52.0 Å². The molecule has 2 aromatic rings. The van der Waals surface area contributed by atoms with Gasteiger partial charge in [-0.25, -0.2) is 5.43 Å². The lowest BCUT2D eigenvalue weighted by molar-refractivity contribution is -0.123. The maximum Gasteiger partial charge on any atom is 0.277 e. The second-order valence-corrected chi connectivity index (χ2v) is 5.93. The second kappa shape index (κ2) is 7.78. The van der Waals surface area contributed by atoms with Gasteiger partial charge in [0.25, 0.3) is 5.91 Å². The van der Waals surface area contributed by atoms with Crippen molar-refractivity contribution in [3.8, 4) is 5.75 Å². The molecule has 0 aliphatic rings. The second-order valence-electron chi connectivity index (χ2n) is 5.08. The van der Waals surface area contributed by atoms with Crippen molar-refractivity contribution >= 4 is 33.2 Å². The molecule has 120 valence electrons. The monoisotopic (exact) mass is 375 g/mol. The van der Waals surface area contributed by atoms with Crippen LogP contribution in [-0.2, 0) is 4.79 Å². The molecule has 2 rings (SSSR count). The molecule has 0 aliphatic carbocycles. The molecule has 0 saturated heterocycles. The number of nitrogens with two attached hydrogens (primary N) is 1. The fourth-order valence-corrected chi connectivity index (χ4v) is 2.44. The minimum Gasteiger partial charge on any atom is -0.483 e. The Balaban J connectivity index is 1.89. The van der Waals surface area contributed by atoms with Crippen molar-refractivity contribution in [3.63, 3.8) is 0 Å². The van der Waals surface area contributed by atoms with E-state index in [-0.39, 0.29) is 12.5 Å². The Kier molecular flexibility index (Phi) is 5.76. The fraction of sp³-hybridized carbons (Fsp3) is 0.176. The van der Waals surface area contributed by atoms with Crippen molar-refractivity contribution in [2.24, 2.45) is 5.10 Å². The highest BCUT2D eigenvalue weighted by Gasteiger charge is 2.06. The molecule has 5 nitrogen and oxygen atoms in total. The summed E-state index contributed by atoms with van der Waals surface area (Å²) >= 11 is 3.40. The van der Waals surface area contributed by atoms with Crippen LogP contribution in [0.2, 0.25) is 0 Å². The van der Waals surface area contributed by atoms with E-state index in [1.54, 1.807) is 12.1 Å². The molecule has 0 unspecified atom stereocenters. The van der Waals surface area contributed by atoms with Gasteiger partial charge in [-0.15, -0.1) is 0 Å². The Hall–Kier alpha value is -2.34. The van der Waals surface area contributed by atoms with E-state index in [1.807, 2.05) is 44.2 Å². The number of carbonyl (C=O) groups is 1.